The quantitative estimate of drug-likeness (QED) is 0.686. The Labute approximate surface area is 175 Å². The lowest BCUT2D eigenvalue weighted by atomic mass is 9.90. The van der Waals surface area contributed by atoms with Gasteiger partial charge in [-0.25, -0.2) is 4.39 Å². The van der Waals surface area contributed by atoms with Crippen molar-refractivity contribution in [1.82, 2.24) is 15.5 Å². The van der Waals surface area contributed by atoms with Crippen molar-refractivity contribution in [2.45, 2.75) is 32.2 Å². The summed E-state index contributed by atoms with van der Waals surface area (Å²) in [5, 5.41) is 5.51. The van der Waals surface area contributed by atoms with Crippen LogP contribution in [0, 0.1) is 5.82 Å². The molecular formula is C23H26FN3O3. The predicted molar refractivity (Wildman–Crippen MR) is 111 cm³/mol. The van der Waals surface area contributed by atoms with Gasteiger partial charge in [-0.2, -0.15) is 0 Å². The Morgan fingerprint density at radius 2 is 1.77 bits per heavy atom. The summed E-state index contributed by atoms with van der Waals surface area (Å²) < 4.78 is 13.2. The standard InChI is InChI=1S/C23H26FN3O3/c1-16(28)27-12-9-18-6-2-3-8-20(18)21(27)15-23(30)26-11-10-25-22(29)14-17-5-4-7-19(24)13-17/h2-8,13,21H,9-12,14-15H2,1H3,(H,25,29)(H,26,30). The van der Waals surface area contributed by atoms with Gasteiger partial charge in [-0.15, -0.1) is 0 Å². The number of nitrogens with one attached hydrogen (secondary N) is 2. The van der Waals surface area contributed by atoms with Gasteiger partial charge in [-0.3, -0.25) is 14.4 Å². The van der Waals surface area contributed by atoms with Gasteiger partial charge in [0.25, 0.3) is 0 Å². The van der Waals surface area contributed by atoms with Crippen molar-refractivity contribution < 1.29 is 18.8 Å². The van der Waals surface area contributed by atoms with Crippen LogP contribution in [0.15, 0.2) is 48.5 Å². The van der Waals surface area contributed by atoms with E-state index in [1.165, 1.54) is 19.1 Å². The third-order valence-electron chi connectivity index (χ3n) is 5.22. The van der Waals surface area contributed by atoms with E-state index < -0.39 is 0 Å². The van der Waals surface area contributed by atoms with Crippen molar-refractivity contribution in [2.24, 2.45) is 0 Å². The molecule has 6 nitrogen and oxygen atoms in total. The molecule has 2 N–H and O–H groups in total. The van der Waals surface area contributed by atoms with Crippen molar-refractivity contribution >= 4 is 17.7 Å². The highest BCUT2D eigenvalue weighted by Gasteiger charge is 2.30. The monoisotopic (exact) mass is 411 g/mol. The fourth-order valence-electron chi connectivity index (χ4n) is 3.80. The van der Waals surface area contributed by atoms with E-state index in [-0.39, 0.29) is 55.5 Å². The van der Waals surface area contributed by atoms with E-state index in [2.05, 4.69) is 10.6 Å². The molecule has 0 radical (unpaired) electrons. The van der Waals surface area contributed by atoms with Crippen LogP contribution in [0.3, 0.4) is 0 Å². The van der Waals surface area contributed by atoms with Gasteiger partial charge in [0.2, 0.25) is 17.7 Å². The molecule has 7 heteroatoms. The van der Waals surface area contributed by atoms with Crippen LogP contribution in [-0.2, 0) is 27.2 Å². The molecule has 1 aliphatic rings. The number of hydrogen-bond donors (Lipinski definition) is 2. The molecule has 1 heterocycles. The SMILES string of the molecule is CC(=O)N1CCc2ccccc2C1CC(=O)NCCNC(=O)Cc1cccc(F)c1. The van der Waals surface area contributed by atoms with Crippen LogP contribution < -0.4 is 10.6 Å². The maximum absolute atomic E-state index is 13.2. The number of fused-ring (bicyclic) bond motifs is 1. The van der Waals surface area contributed by atoms with Crippen molar-refractivity contribution in [2.75, 3.05) is 19.6 Å². The second-order valence-corrected chi connectivity index (χ2v) is 7.39. The number of carbonyl (C=O) groups is 3. The molecule has 2 aromatic rings. The zero-order valence-electron chi connectivity index (χ0n) is 17.0. The molecule has 0 aliphatic carbocycles. The van der Waals surface area contributed by atoms with Gasteiger partial charge in [0.15, 0.2) is 0 Å². The van der Waals surface area contributed by atoms with Crippen LogP contribution >= 0.6 is 0 Å². The molecule has 1 unspecified atom stereocenters. The van der Waals surface area contributed by atoms with Crippen LogP contribution in [0.4, 0.5) is 4.39 Å². The van der Waals surface area contributed by atoms with Gasteiger partial charge in [-0.1, -0.05) is 36.4 Å². The van der Waals surface area contributed by atoms with Gasteiger partial charge in [0.05, 0.1) is 18.9 Å². The van der Waals surface area contributed by atoms with E-state index in [1.807, 2.05) is 24.3 Å². The first-order chi connectivity index (χ1) is 14.4. The summed E-state index contributed by atoms with van der Waals surface area (Å²) in [5.74, 6) is -0.843. The summed E-state index contributed by atoms with van der Waals surface area (Å²) in [4.78, 5) is 38.2. The highest BCUT2D eigenvalue weighted by Crippen LogP contribution is 2.32. The number of amides is 3. The molecule has 3 amide bonds. The molecule has 1 atom stereocenters. The van der Waals surface area contributed by atoms with Gasteiger partial charge in [0.1, 0.15) is 5.82 Å². The summed E-state index contributed by atoms with van der Waals surface area (Å²) >= 11 is 0. The normalized spacial score (nSPS) is 15.3. The van der Waals surface area contributed by atoms with Gasteiger partial charge < -0.3 is 15.5 Å². The highest BCUT2D eigenvalue weighted by molar-refractivity contribution is 5.80. The molecule has 0 saturated carbocycles. The third kappa shape index (κ3) is 5.65. The first-order valence-corrected chi connectivity index (χ1v) is 10.1. The summed E-state index contributed by atoms with van der Waals surface area (Å²) in [7, 11) is 0. The van der Waals surface area contributed by atoms with E-state index in [4.69, 9.17) is 0 Å². The molecule has 0 spiro atoms. The lowest BCUT2D eigenvalue weighted by Gasteiger charge is -2.36. The largest absolute Gasteiger partial charge is 0.354 e. The molecule has 0 aromatic heterocycles. The van der Waals surface area contributed by atoms with Crippen LogP contribution in [0.1, 0.15) is 36.1 Å². The average Bonchev–Trinajstić information content (AvgIpc) is 2.71. The second kappa shape index (κ2) is 10.0. The average molecular weight is 411 g/mol. The van der Waals surface area contributed by atoms with E-state index in [0.29, 0.717) is 12.1 Å². The zero-order valence-corrected chi connectivity index (χ0v) is 17.0. The number of carbonyl (C=O) groups excluding carboxylic acids is 3. The Hall–Kier alpha value is -3.22. The first kappa shape index (κ1) is 21.5. The number of halogens is 1. The first-order valence-electron chi connectivity index (χ1n) is 10.1. The van der Waals surface area contributed by atoms with Crippen LogP contribution in [0.25, 0.3) is 0 Å². The molecule has 3 rings (SSSR count). The van der Waals surface area contributed by atoms with Gasteiger partial charge in [0, 0.05) is 26.6 Å². The highest BCUT2D eigenvalue weighted by atomic mass is 19.1. The molecular weight excluding hydrogens is 385 g/mol. The summed E-state index contributed by atoms with van der Waals surface area (Å²) in [6, 6.07) is 13.5. The second-order valence-electron chi connectivity index (χ2n) is 7.39. The van der Waals surface area contributed by atoms with Crippen molar-refractivity contribution in [3.8, 4) is 0 Å². The Morgan fingerprint density at radius 1 is 1.03 bits per heavy atom. The molecule has 1 aliphatic heterocycles. The van der Waals surface area contributed by atoms with Crippen LogP contribution in [0.2, 0.25) is 0 Å². The zero-order chi connectivity index (χ0) is 21.5. The van der Waals surface area contributed by atoms with Crippen LogP contribution in [0.5, 0.6) is 0 Å². The maximum atomic E-state index is 13.2. The third-order valence-corrected chi connectivity index (χ3v) is 5.22. The van der Waals surface area contributed by atoms with E-state index in [0.717, 1.165) is 17.5 Å². The number of hydrogen-bond acceptors (Lipinski definition) is 3. The van der Waals surface area contributed by atoms with Crippen molar-refractivity contribution in [3.05, 3.63) is 71.0 Å². The lowest BCUT2D eigenvalue weighted by Crippen LogP contribution is -2.42. The van der Waals surface area contributed by atoms with Crippen LogP contribution in [-0.4, -0.2) is 42.3 Å². The van der Waals surface area contributed by atoms with Gasteiger partial charge in [-0.05, 0) is 35.2 Å². The van der Waals surface area contributed by atoms with Gasteiger partial charge >= 0.3 is 0 Å². The molecule has 2 aromatic carbocycles. The van der Waals surface area contributed by atoms with E-state index in [9.17, 15) is 18.8 Å². The van der Waals surface area contributed by atoms with E-state index in [1.54, 1.807) is 17.0 Å². The van der Waals surface area contributed by atoms with Crippen molar-refractivity contribution in [1.29, 1.82) is 0 Å². The molecule has 0 fully saturated rings. The Balaban J connectivity index is 1.47. The summed E-state index contributed by atoms with van der Waals surface area (Å²) in [6.07, 6.45) is 1.04. The molecule has 0 bridgehead atoms. The number of benzene rings is 2. The maximum Gasteiger partial charge on any atom is 0.224 e. The minimum absolute atomic E-state index is 0.0492. The number of nitrogens with zero attached hydrogens (tertiary/aromatic N) is 1. The topological polar surface area (TPSA) is 78.5 Å². The molecule has 0 saturated heterocycles. The van der Waals surface area contributed by atoms with E-state index >= 15 is 0 Å². The Bertz CT molecular complexity index is 931. The molecule has 158 valence electrons. The summed E-state index contributed by atoms with van der Waals surface area (Å²) in [6.45, 7) is 2.67. The smallest absolute Gasteiger partial charge is 0.224 e. The number of rotatable bonds is 7. The minimum Gasteiger partial charge on any atom is -0.354 e. The predicted octanol–water partition coefficient (Wildman–Crippen LogP) is 2.14. The fraction of sp³-hybridized carbons (Fsp3) is 0.348. The fourth-order valence-corrected chi connectivity index (χ4v) is 3.80. The molecule has 30 heavy (non-hydrogen) atoms. The Morgan fingerprint density at radius 3 is 2.50 bits per heavy atom. The Kier molecular flexibility index (Phi) is 7.17. The van der Waals surface area contributed by atoms with Crippen molar-refractivity contribution in [3.63, 3.8) is 0 Å². The lowest BCUT2D eigenvalue weighted by molar-refractivity contribution is -0.133. The summed E-state index contributed by atoms with van der Waals surface area (Å²) in [5.41, 5.74) is 2.77. The minimum atomic E-state index is -0.378.